The number of ether oxygens (including phenoxy) is 1. The summed E-state index contributed by atoms with van der Waals surface area (Å²) in [6.45, 7) is 7.19. The standard InChI is InChI=1S/C23H27ClN4O/c1-4-5-6-12-25-16-26-21-14-18(3)22(15-17(21)2)29-23-11-13-28(27-23)20-9-7-19(24)8-10-20/h7-11,13-16H,4-6,12H2,1-3H3,(H,25,26). The van der Waals surface area contributed by atoms with E-state index in [1.165, 1.54) is 12.8 Å². The minimum absolute atomic E-state index is 0.538. The summed E-state index contributed by atoms with van der Waals surface area (Å²) >= 11 is 5.95. The second-order valence-corrected chi connectivity index (χ2v) is 7.44. The smallest absolute Gasteiger partial charge is 0.238 e. The SMILES string of the molecule is CCCCCN/C=N/c1cc(C)c(Oc2ccn(-c3ccc(Cl)cc3)n2)cc1C. The quantitative estimate of drug-likeness (QED) is 0.253. The molecule has 0 spiro atoms. The van der Waals surface area contributed by atoms with Gasteiger partial charge in [-0.1, -0.05) is 31.4 Å². The number of nitrogens with one attached hydrogen (secondary N) is 1. The van der Waals surface area contributed by atoms with Gasteiger partial charge in [0.15, 0.2) is 0 Å². The summed E-state index contributed by atoms with van der Waals surface area (Å²) in [5, 5.41) is 8.44. The van der Waals surface area contributed by atoms with Crippen LogP contribution < -0.4 is 10.1 Å². The van der Waals surface area contributed by atoms with Gasteiger partial charge in [-0.05, 0) is 67.8 Å². The molecule has 1 aromatic heterocycles. The molecule has 0 aliphatic heterocycles. The van der Waals surface area contributed by atoms with Gasteiger partial charge in [0.1, 0.15) is 5.75 Å². The van der Waals surface area contributed by atoms with Crippen molar-refractivity contribution in [3.63, 3.8) is 0 Å². The van der Waals surface area contributed by atoms with Gasteiger partial charge in [0.2, 0.25) is 5.88 Å². The molecule has 2 aromatic carbocycles. The number of nitrogens with zero attached hydrogens (tertiary/aromatic N) is 3. The molecule has 0 saturated heterocycles. The predicted molar refractivity (Wildman–Crippen MR) is 120 cm³/mol. The molecule has 1 heterocycles. The Balaban J connectivity index is 1.66. The maximum atomic E-state index is 6.02. The van der Waals surface area contributed by atoms with Gasteiger partial charge in [-0.2, -0.15) is 0 Å². The molecule has 0 aliphatic carbocycles. The molecule has 0 radical (unpaired) electrons. The number of halogens is 1. The van der Waals surface area contributed by atoms with Crippen LogP contribution in [0.2, 0.25) is 5.02 Å². The van der Waals surface area contributed by atoms with E-state index in [0.717, 1.165) is 41.2 Å². The van der Waals surface area contributed by atoms with E-state index in [9.17, 15) is 0 Å². The molecule has 1 N–H and O–H groups in total. The second-order valence-electron chi connectivity index (χ2n) is 7.00. The van der Waals surface area contributed by atoms with Crippen LogP contribution in [-0.2, 0) is 0 Å². The number of benzene rings is 2. The lowest BCUT2D eigenvalue weighted by atomic mass is 10.1. The van der Waals surface area contributed by atoms with Gasteiger partial charge in [0.05, 0.1) is 17.7 Å². The summed E-state index contributed by atoms with van der Waals surface area (Å²) < 4.78 is 7.78. The molecule has 5 nitrogen and oxygen atoms in total. The average Bonchev–Trinajstić information content (AvgIpc) is 3.17. The number of hydrogen-bond donors (Lipinski definition) is 1. The van der Waals surface area contributed by atoms with Crippen molar-refractivity contribution < 1.29 is 4.74 Å². The normalized spacial score (nSPS) is 11.2. The maximum absolute atomic E-state index is 6.02. The van der Waals surface area contributed by atoms with Crippen molar-refractivity contribution in [3.8, 4) is 17.3 Å². The highest BCUT2D eigenvalue weighted by Gasteiger charge is 2.09. The van der Waals surface area contributed by atoms with Crippen molar-refractivity contribution >= 4 is 23.6 Å². The molecule has 0 bridgehead atoms. The second kappa shape index (κ2) is 10.1. The van der Waals surface area contributed by atoms with Crippen LogP contribution in [0, 0.1) is 13.8 Å². The van der Waals surface area contributed by atoms with Crippen molar-refractivity contribution in [1.82, 2.24) is 15.1 Å². The molecule has 29 heavy (non-hydrogen) atoms. The fourth-order valence-corrected chi connectivity index (χ4v) is 3.02. The van der Waals surface area contributed by atoms with Crippen LogP contribution in [0.5, 0.6) is 11.6 Å². The third-order valence-electron chi connectivity index (χ3n) is 4.58. The summed E-state index contributed by atoms with van der Waals surface area (Å²) in [5.74, 6) is 1.31. The molecule has 3 aromatic rings. The molecular formula is C23H27ClN4O. The van der Waals surface area contributed by atoms with Crippen LogP contribution in [0.3, 0.4) is 0 Å². The van der Waals surface area contributed by atoms with Crippen molar-refractivity contribution in [1.29, 1.82) is 0 Å². The first kappa shape index (κ1) is 20.9. The lowest BCUT2D eigenvalue weighted by molar-refractivity contribution is 0.454. The molecule has 0 unspecified atom stereocenters. The lowest BCUT2D eigenvalue weighted by Crippen LogP contribution is -2.12. The highest BCUT2D eigenvalue weighted by Crippen LogP contribution is 2.31. The van der Waals surface area contributed by atoms with Gasteiger partial charge < -0.3 is 10.1 Å². The first-order chi connectivity index (χ1) is 14.1. The van der Waals surface area contributed by atoms with Crippen LogP contribution in [-0.4, -0.2) is 22.7 Å². The molecular weight excluding hydrogens is 384 g/mol. The first-order valence-corrected chi connectivity index (χ1v) is 10.3. The molecule has 152 valence electrons. The Hall–Kier alpha value is -2.79. The van der Waals surface area contributed by atoms with Crippen LogP contribution >= 0.6 is 11.6 Å². The van der Waals surface area contributed by atoms with E-state index in [-0.39, 0.29) is 0 Å². The minimum atomic E-state index is 0.538. The summed E-state index contributed by atoms with van der Waals surface area (Å²) in [4.78, 5) is 4.54. The first-order valence-electron chi connectivity index (χ1n) is 9.93. The van der Waals surface area contributed by atoms with E-state index >= 15 is 0 Å². The van der Waals surface area contributed by atoms with E-state index < -0.39 is 0 Å². The molecule has 0 aliphatic rings. The monoisotopic (exact) mass is 410 g/mol. The number of aromatic nitrogens is 2. The average molecular weight is 411 g/mol. The van der Waals surface area contributed by atoms with Gasteiger partial charge >= 0.3 is 0 Å². The topological polar surface area (TPSA) is 51.4 Å². The summed E-state index contributed by atoms with van der Waals surface area (Å²) in [5.41, 5.74) is 3.92. The number of unbranched alkanes of at least 4 members (excludes halogenated alkanes) is 2. The number of aliphatic imine (C=N–C) groups is 1. The minimum Gasteiger partial charge on any atom is -0.437 e. The summed E-state index contributed by atoms with van der Waals surface area (Å²) in [6.07, 6.45) is 7.26. The third kappa shape index (κ3) is 5.84. The Morgan fingerprint density at radius 3 is 2.66 bits per heavy atom. The molecule has 6 heteroatoms. The fraction of sp³-hybridized carbons (Fsp3) is 0.304. The number of rotatable bonds is 9. The van der Waals surface area contributed by atoms with E-state index in [4.69, 9.17) is 16.3 Å². The molecule has 0 saturated carbocycles. The van der Waals surface area contributed by atoms with Gasteiger partial charge in [-0.15, -0.1) is 5.10 Å². The Morgan fingerprint density at radius 1 is 1.10 bits per heavy atom. The van der Waals surface area contributed by atoms with Gasteiger partial charge in [-0.3, -0.25) is 0 Å². The molecule has 0 atom stereocenters. The van der Waals surface area contributed by atoms with Gasteiger partial charge in [0, 0.05) is 23.8 Å². The van der Waals surface area contributed by atoms with Crippen LogP contribution in [0.4, 0.5) is 5.69 Å². The predicted octanol–water partition coefficient (Wildman–Crippen LogP) is 6.37. The van der Waals surface area contributed by atoms with Crippen molar-refractivity contribution in [3.05, 3.63) is 64.8 Å². The van der Waals surface area contributed by atoms with Crippen LogP contribution in [0.15, 0.2) is 53.7 Å². The third-order valence-corrected chi connectivity index (χ3v) is 4.84. The fourth-order valence-electron chi connectivity index (χ4n) is 2.89. The maximum Gasteiger partial charge on any atom is 0.238 e. The summed E-state index contributed by atoms with van der Waals surface area (Å²) in [7, 11) is 0. The number of aryl methyl sites for hydroxylation is 2. The van der Waals surface area contributed by atoms with Crippen molar-refractivity contribution in [2.24, 2.45) is 4.99 Å². The Morgan fingerprint density at radius 2 is 1.90 bits per heavy atom. The van der Waals surface area contributed by atoms with Crippen LogP contribution in [0.25, 0.3) is 5.69 Å². The van der Waals surface area contributed by atoms with Gasteiger partial charge in [0.25, 0.3) is 0 Å². The highest BCUT2D eigenvalue weighted by molar-refractivity contribution is 6.30. The zero-order valence-corrected chi connectivity index (χ0v) is 17.9. The Bertz CT molecular complexity index is 964. The molecule has 0 amide bonds. The van der Waals surface area contributed by atoms with E-state index in [1.807, 2.05) is 62.5 Å². The highest BCUT2D eigenvalue weighted by atomic mass is 35.5. The number of hydrogen-bond acceptors (Lipinski definition) is 3. The van der Waals surface area contributed by atoms with Gasteiger partial charge in [-0.25, -0.2) is 9.67 Å². The molecule has 0 fully saturated rings. The Kier molecular flexibility index (Phi) is 7.30. The van der Waals surface area contributed by atoms with E-state index in [2.05, 4.69) is 22.3 Å². The van der Waals surface area contributed by atoms with E-state index in [0.29, 0.717) is 10.9 Å². The van der Waals surface area contributed by atoms with E-state index in [1.54, 1.807) is 11.0 Å². The zero-order chi connectivity index (χ0) is 20.6. The van der Waals surface area contributed by atoms with Crippen molar-refractivity contribution in [2.45, 2.75) is 40.0 Å². The lowest BCUT2D eigenvalue weighted by Gasteiger charge is -2.10. The molecule has 3 rings (SSSR count). The largest absolute Gasteiger partial charge is 0.437 e. The zero-order valence-electron chi connectivity index (χ0n) is 17.2. The van der Waals surface area contributed by atoms with Crippen LogP contribution in [0.1, 0.15) is 37.3 Å². The van der Waals surface area contributed by atoms with Crippen molar-refractivity contribution in [2.75, 3.05) is 6.54 Å². The Labute approximate surface area is 177 Å². The summed E-state index contributed by atoms with van der Waals surface area (Å²) in [6, 6.07) is 13.4.